The van der Waals surface area contributed by atoms with Gasteiger partial charge in [-0.3, -0.25) is 9.59 Å². The number of nitrogens with one attached hydrogen (secondary N) is 1. The van der Waals surface area contributed by atoms with E-state index in [9.17, 15) is 9.59 Å². The fourth-order valence-electron chi connectivity index (χ4n) is 4.29. The van der Waals surface area contributed by atoms with Crippen molar-refractivity contribution in [3.05, 3.63) is 114 Å². The third-order valence-corrected chi connectivity index (χ3v) is 6.47. The number of hydrogen-bond donors (Lipinski definition) is 1. The van der Waals surface area contributed by atoms with Gasteiger partial charge in [0, 0.05) is 29.7 Å². The Morgan fingerprint density at radius 1 is 0.822 bits per heavy atom. The minimum absolute atomic E-state index is 0.0146. The molecule has 5 heteroatoms. The second-order valence-corrected chi connectivity index (χ2v) is 9.36. The van der Waals surface area contributed by atoms with Crippen LogP contribution >= 0.6 is 0 Å². The third kappa shape index (κ3) is 11.0. The number of pyridine rings is 1. The van der Waals surface area contributed by atoms with Crippen LogP contribution in [0.5, 0.6) is 5.75 Å². The van der Waals surface area contributed by atoms with E-state index in [4.69, 9.17) is 9.72 Å². The number of allylic oxidation sites excluding steroid dienone is 1. The number of Topliss-reactive ketones (excluding diaryl/α,β-unsaturated/α-hetero) is 1. The van der Waals surface area contributed by atoms with E-state index in [0.717, 1.165) is 22.4 Å². The second-order valence-electron chi connectivity index (χ2n) is 9.36. The zero-order valence-corrected chi connectivity index (χ0v) is 28.5. The van der Waals surface area contributed by atoms with Crippen LogP contribution in [0.2, 0.25) is 0 Å². The summed E-state index contributed by atoms with van der Waals surface area (Å²) in [6, 6.07) is 25.9. The molecule has 0 spiro atoms. The largest absolute Gasteiger partial charge is 0.494 e. The van der Waals surface area contributed by atoms with Crippen LogP contribution in [0.1, 0.15) is 88.5 Å². The van der Waals surface area contributed by atoms with Crippen molar-refractivity contribution in [2.75, 3.05) is 12.4 Å². The molecule has 3 aromatic carbocycles. The van der Waals surface area contributed by atoms with Crippen LogP contribution in [-0.2, 0) is 4.79 Å². The Bertz CT molecular complexity index is 1500. The van der Waals surface area contributed by atoms with Gasteiger partial charge < -0.3 is 10.1 Å². The SMILES string of the molecule is C=Cc1c(/C=C\C)nc(-c2ccc(-c3ccc(NC(=O)CC)cc3)cc2)c(OC)c1C(=O)CC.CC.CC.Cc1ccccc1. The van der Waals surface area contributed by atoms with E-state index in [-0.39, 0.29) is 11.7 Å². The first kappa shape index (κ1) is 38.3. The summed E-state index contributed by atoms with van der Waals surface area (Å²) in [4.78, 5) is 29.3. The molecule has 0 saturated heterocycles. The van der Waals surface area contributed by atoms with Gasteiger partial charge in [0.15, 0.2) is 11.5 Å². The molecule has 45 heavy (non-hydrogen) atoms. The Kier molecular flexibility index (Phi) is 17.9. The molecule has 238 valence electrons. The molecule has 4 aromatic rings. The van der Waals surface area contributed by atoms with Crippen molar-refractivity contribution < 1.29 is 14.3 Å². The highest BCUT2D eigenvalue weighted by molar-refractivity contribution is 6.04. The quantitative estimate of drug-likeness (QED) is 0.192. The van der Waals surface area contributed by atoms with Crippen molar-refractivity contribution in [2.24, 2.45) is 0 Å². The van der Waals surface area contributed by atoms with E-state index in [1.807, 2.05) is 127 Å². The number of anilines is 1. The maximum Gasteiger partial charge on any atom is 0.224 e. The molecule has 0 aliphatic rings. The number of carbonyl (C=O) groups excluding carboxylic acids is 2. The summed E-state index contributed by atoms with van der Waals surface area (Å²) in [6.45, 7) is 19.5. The maximum atomic E-state index is 12.9. The van der Waals surface area contributed by atoms with E-state index in [1.54, 1.807) is 13.2 Å². The van der Waals surface area contributed by atoms with Gasteiger partial charge in [0.05, 0.1) is 18.4 Å². The number of ketones is 1. The molecule has 0 radical (unpaired) electrons. The van der Waals surface area contributed by atoms with Crippen LogP contribution in [0.4, 0.5) is 5.69 Å². The first-order valence-corrected chi connectivity index (χ1v) is 15.8. The lowest BCUT2D eigenvalue weighted by molar-refractivity contribution is -0.115. The predicted molar refractivity (Wildman–Crippen MR) is 194 cm³/mol. The normalized spacial score (nSPS) is 9.80. The first-order chi connectivity index (χ1) is 21.9. The molecule has 1 N–H and O–H groups in total. The van der Waals surface area contributed by atoms with Crippen LogP contribution in [0.15, 0.2) is 91.5 Å². The number of aryl methyl sites for hydroxylation is 1. The molecule has 5 nitrogen and oxygen atoms in total. The first-order valence-electron chi connectivity index (χ1n) is 15.8. The number of rotatable bonds is 9. The maximum absolute atomic E-state index is 12.9. The van der Waals surface area contributed by atoms with Crippen molar-refractivity contribution in [1.82, 2.24) is 4.98 Å². The molecule has 0 aliphatic heterocycles. The summed E-state index contributed by atoms with van der Waals surface area (Å²) in [6.07, 6.45) is 6.22. The molecule has 1 aromatic heterocycles. The lowest BCUT2D eigenvalue weighted by atomic mass is 9.95. The second kappa shape index (κ2) is 21.0. The van der Waals surface area contributed by atoms with Gasteiger partial charge in [-0.25, -0.2) is 4.98 Å². The molecule has 0 atom stereocenters. The predicted octanol–water partition coefficient (Wildman–Crippen LogP) is 11.1. The Balaban J connectivity index is 0.000000788. The summed E-state index contributed by atoms with van der Waals surface area (Å²) < 4.78 is 5.71. The number of benzene rings is 3. The molecule has 4 rings (SSSR count). The molecule has 0 saturated carbocycles. The average molecular weight is 607 g/mol. The fourth-order valence-corrected chi connectivity index (χ4v) is 4.29. The lowest BCUT2D eigenvalue weighted by Gasteiger charge is -2.17. The third-order valence-electron chi connectivity index (χ3n) is 6.47. The summed E-state index contributed by atoms with van der Waals surface area (Å²) >= 11 is 0. The number of carbonyl (C=O) groups is 2. The number of ether oxygens (including phenoxy) is 1. The summed E-state index contributed by atoms with van der Waals surface area (Å²) in [7, 11) is 1.56. The Hall–Kier alpha value is -4.77. The van der Waals surface area contributed by atoms with Crippen molar-refractivity contribution >= 4 is 29.5 Å². The molecule has 0 unspecified atom stereocenters. The molecular formula is C40H50N2O3. The summed E-state index contributed by atoms with van der Waals surface area (Å²) in [5.41, 5.74) is 7.47. The Morgan fingerprint density at radius 2 is 1.36 bits per heavy atom. The van der Waals surface area contributed by atoms with E-state index >= 15 is 0 Å². The van der Waals surface area contributed by atoms with Crippen molar-refractivity contribution in [1.29, 1.82) is 0 Å². The van der Waals surface area contributed by atoms with Gasteiger partial charge in [-0.1, -0.05) is 133 Å². The van der Waals surface area contributed by atoms with Crippen LogP contribution in [0, 0.1) is 6.92 Å². The van der Waals surface area contributed by atoms with Crippen molar-refractivity contribution in [3.8, 4) is 28.1 Å². The molecule has 1 amide bonds. The highest BCUT2D eigenvalue weighted by Gasteiger charge is 2.23. The number of aromatic nitrogens is 1. The van der Waals surface area contributed by atoms with Crippen molar-refractivity contribution in [2.45, 2.75) is 68.2 Å². The van der Waals surface area contributed by atoms with Crippen LogP contribution in [-0.4, -0.2) is 23.8 Å². The van der Waals surface area contributed by atoms with E-state index < -0.39 is 0 Å². The Morgan fingerprint density at radius 3 is 1.78 bits per heavy atom. The molecule has 0 bridgehead atoms. The average Bonchev–Trinajstić information content (AvgIpc) is 3.10. The topological polar surface area (TPSA) is 68.3 Å². The summed E-state index contributed by atoms with van der Waals surface area (Å²) in [5.74, 6) is 0.422. The number of methoxy groups -OCH3 is 1. The van der Waals surface area contributed by atoms with Gasteiger partial charge in [0.1, 0.15) is 5.69 Å². The summed E-state index contributed by atoms with van der Waals surface area (Å²) in [5, 5.41) is 2.86. The van der Waals surface area contributed by atoms with E-state index in [2.05, 4.69) is 31.0 Å². The van der Waals surface area contributed by atoms with Crippen LogP contribution < -0.4 is 10.1 Å². The molecular weight excluding hydrogens is 556 g/mol. The monoisotopic (exact) mass is 606 g/mol. The van der Waals surface area contributed by atoms with Gasteiger partial charge >= 0.3 is 0 Å². The van der Waals surface area contributed by atoms with Gasteiger partial charge in [0.2, 0.25) is 5.91 Å². The van der Waals surface area contributed by atoms with Crippen molar-refractivity contribution in [3.63, 3.8) is 0 Å². The standard InChI is InChI=1S/C29H30N2O3.C7H8.2C2H6/c1-6-10-24-23(7-2)27(25(32)8-3)29(34-5)28(31-24)21-13-11-19(12-14-21)20-15-17-22(18-16-20)30-26(33)9-4;1-7-5-3-2-4-6-7;2*1-2/h6-7,10-18H,2,8-9H2,1,3-5H3,(H,30,33);2-6H,1H3;2*1-2H3/b10-6-;;;. The molecule has 0 aliphatic carbocycles. The lowest BCUT2D eigenvalue weighted by Crippen LogP contribution is -2.09. The van der Waals surface area contributed by atoms with E-state index in [1.165, 1.54) is 5.56 Å². The van der Waals surface area contributed by atoms with Gasteiger partial charge in [-0.2, -0.15) is 0 Å². The van der Waals surface area contributed by atoms with Gasteiger partial charge in [0.25, 0.3) is 0 Å². The highest BCUT2D eigenvalue weighted by atomic mass is 16.5. The minimum Gasteiger partial charge on any atom is -0.494 e. The van der Waals surface area contributed by atoms with Crippen LogP contribution in [0.25, 0.3) is 34.5 Å². The minimum atomic E-state index is -0.0203. The van der Waals surface area contributed by atoms with Gasteiger partial charge in [-0.05, 0) is 43.2 Å². The van der Waals surface area contributed by atoms with E-state index in [0.29, 0.717) is 41.1 Å². The van der Waals surface area contributed by atoms with Gasteiger partial charge in [-0.15, -0.1) is 0 Å². The zero-order valence-electron chi connectivity index (χ0n) is 28.5. The smallest absolute Gasteiger partial charge is 0.224 e. The Labute approximate surface area is 271 Å². The number of nitrogens with zero attached hydrogens (tertiary/aromatic N) is 1. The molecule has 0 fully saturated rings. The number of hydrogen-bond acceptors (Lipinski definition) is 4. The zero-order chi connectivity index (χ0) is 33.8. The molecule has 1 heterocycles. The highest BCUT2D eigenvalue weighted by Crippen LogP contribution is 2.37. The van der Waals surface area contributed by atoms with Crippen LogP contribution in [0.3, 0.4) is 0 Å². The fraction of sp³-hybridized carbons (Fsp3) is 0.275. The number of amides is 1.